The van der Waals surface area contributed by atoms with Crippen LogP contribution in [0.2, 0.25) is 0 Å². The van der Waals surface area contributed by atoms with E-state index >= 15 is 0 Å². The van der Waals surface area contributed by atoms with Gasteiger partial charge in [-0.25, -0.2) is 0 Å². The highest BCUT2D eigenvalue weighted by Gasteiger charge is 2.23. The molecule has 3 rings (SSSR count). The first kappa shape index (κ1) is 13.9. The summed E-state index contributed by atoms with van der Waals surface area (Å²) in [4.78, 5) is 0. The fraction of sp³-hybridized carbons (Fsp3) is 0.238. The number of benzene rings is 1. The second kappa shape index (κ2) is 5.37. The number of hydrogen-bond acceptors (Lipinski definition) is 0. The summed E-state index contributed by atoms with van der Waals surface area (Å²) in [6, 6.07) is 8.78. The molecule has 2 aliphatic carbocycles. The van der Waals surface area contributed by atoms with Crippen LogP contribution in [-0.4, -0.2) is 0 Å². The van der Waals surface area contributed by atoms with Gasteiger partial charge in [-0.1, -0.05) is 73.7 Å². The average molecular weight is 274 g/mol. The van der Waals surface area contributed by atoms with Crippen LogP contribution in [0.15, 0.2) is 77.9 Å². The Bertz CT molecular complexity index is 690. The molecule has 0 nitrogen and oxygen atoms in total. The van der Waals surface area contributed by atoms with Crippen molar-refractivity contribution < 1.29 is 0 Å². The second-order valence-electron chi connectivity index (χ2n) is 6.23. The van der Waals surface area contributed by atoms with Crippen LogP contribution >= 0.6 is 0 Å². The third-order valence-electron chi connectivity index (χ3n) is 4.64. The number of hydrogen-bond donors (Lipinski definition) is 0. The summed E-state index contributed by atoms with van der Waals surface area (Å²) < 4.78 is 0. The summed E-state index contributed by atoms with van der Waals surface area (Å²) in [5.74, 6) is 0.433. The van der Waals surface area contributed by atoms with E-state index in [2.05, 4.69) is 69.5 Å². The van der Waals surface area contributed by atoms with Crippen molar-refractivity contribution in [3.05, 3.63) is 89.1 Å². The van der Waals surface area contributed by atoms with Crippen LogP contribution in [-0.2, 0) is 0 Å². The van der Waals surface area contributed by atoms with Crippen LogP contribution in [0.1, 0.15) is 30.9 Å². The maximum absolute atomic E-state index is 4.22. The summed E-state index contributed by atoms with van der Waals surface area (Å²) in [6.45, 7) is 12.7. The van der Waals surface area contributed by atoms with Crippen molar-refractivity contribution in [2.75, 3.05) is 0 Å². The lowest BCUT2D eigenvalue weighted by Crippen LogP contribution is -1.89. The fourth-order valence-corrected chi connectivity index (χ4v) is 3.01. The lowest BCUT2D eigenvalue weighted by molar-refractivity contribution is 0.868. The summed E-state index contributed by atoms with van der Waals surface area (Å²) in [5.41, 5.74) is 9.30. The summed E-state index contributed by atoms with van der Waals surface area (Å²) in [6.07, 6.45) is 8.79. The molecule has 1 saturated carbocycles. The molecule has 1 unspecified atom stereocenters. The van der Waals surface area contributed by atoms with E-state index in [1.807, 2.05) is 0 Å². The Hall–Kier alpha value is -2.08. The van der Waals surface area contributed by atoms with E-state index < -0.39 is 0 Å². The zero-order valence-corrected chi connectivity index (χ0v) is 12.9. The minimum Gasteiger partial charge on any atom is -0.0989 e. The van der Waals surface area contributed by atoms with Gasteiger partial charge in [-0.2, -0.15) is 0 Å². The van der Waals surface area contributed by atoms with Gasteiger partial charge in [-0.3, -0.25) is 0 Å². The Balaban J connectivity index is 1.73. The Morgan fingerprint density at radius 2 is 1.76 bits per heavy atom. The molecule has 1 aromatic carbocycles. The van der Waals surface area contributed by atoms with Gasteiger partial charge >= 0.3 is 0 Å². The smallest absolute Gasteiger partial charge is 0.00174 e. The van der Waals surface area contributed by atoms with Crippen LogP contribution < -0.4 is 0 Å². The van der Waals surface area contributed by atoms with Crippen LogP contribution in [0.3, 0.4) is 0 Å². The molecule has 1 atom stereocenters. The Kier molecular flexibility index (Phi) is 3.55. The Morgan fingerprint density at radius 3 is 2.38 bits per heavy atom. The van der Waals surface area contributed by atoms with E-state index in [-0.39, 0.29) is 0 Å². The van der Waals surface area contributed by atoms with E-state index in [4.69, 9.17) is 0 Å². The highest BCUT2D eigenvalue weighted by atomic mass is 14.3. The summed E-state index contributed by atoms with van der Waals surface area (Å²) in [5, 5.41) is 0. The largest absolute Gasteiger partial charge is 0.0989 e. The molecule has 0 aromatic heterocycles. The molecule has 0 N–H and O–H groups in total. The molecule has 0 amide bonds. The predicted molar refractivity (Wildman–Crippen MR) is 92.0 cm³/mol. The van der Waals surface area contributed by atoms with Crippen molar-refractivity contribution in [2.24, 2.45) is 5.92 Å². The maximum Gasteiger partial charge on any atom is 0.00174 e. The first-order valence-electron chi connectivity index (χ1n) is 7.59. The number of rotatable bonds is 2. The quantitative estimate of drug-likeness (QED) is 0.599. The van der Waals surface area contributed by atoms with Gasteiger partial charge < -0.3 is 0 Å². The van der Waals surface area contributed by atoms with Crippen molar-refractivity contribution in [1.82, 2.24) is 0 Å². The van der Waals surface area contributed by atoms with Gasteiger partial charge in [0.1, 0.15) is 0 Å². The summed E-state index contributed by atoms with van der Waals surface area (Å²) >= 11 is 0. The van der Waals surface area contributed by atoms with Crippen molar-refractivity contribution in [1.29, 1.82) is 0 Å². The normalized spacial score (nSPS) is 23.7. The highest BCUT2D eigenvalue weighted by Crippen LogP contribution is 2.40. The van der Waals surface area contributed by atoms with Crippen LogP contribution in [0.4, 0.5) is 0 Å². The third-order valence-corrected chi connectivity index (χ3v) is 4.64. The maximum atomic E-state index is 4.22. The van der Waals surface area contributed by atoms with E-state index in [0.29, 0.717) is 5.92 Å². The van der Waals surface area contributed by atoms with Crippen LogP contribution in [0.25, 0.3) is 5.57 Å². The van der Waals surface area contributed by atoms with Crippen LogP contribution in [0, 0.1) is 12.8 Å². The van der Waals surface area contributed by atoms with Crippen molar-refractivity contribution in [2.45, 2.75) is 26.7 Å². The van der Waals surface area contributed by atoms with Gasteiger partial charge in [-0.15, -0.1) is 0 Å². The molecular weight excluding hydrogens is 252 g/mol. The minimum absolute atomic E-state index is 0.433. The molecule has 0 heterocycles. The lowest BCUT2D eigenvalue weighted by atomic mass is 9.99. The molecule has 0 aliphatic heterocycles. The molecule has 1 fully saturated rings. The van der Waals surface area contributed by atoms with E-state index in [0.717, 1.165) is 12.8 Å². The SMILES string of the molecule is C=C1CC(=CC2=CC=C(c3ccc(C)cc3)C2)C(=C)C1C. The lowest BCUT2D eigenvalue weighted by Gasteiger charge is -2.06. The molecular formula is C21H22. The Labute approximate surface area is 127 Å². The van der Waals surface area contributed by atoms with Crippen molar-refractivity contribution >= 4 is 5.57 Å². The average Bonchev–Trinajstić information content (AvgIpc) is 3.02. The highest BCUT2D eigenvalue weighted by molar-refractivity contribution is 5.74. The monoisotopic (exact) mass is 274 g/mol. The fourth-order valence-electron chi connectivity index (χ4n) is 3.01. The first-order chi connectivity index (χ1) is 10.0. The van der Waals surface area contributed by atoms with Gasteiger partial charge in [0.05, 0.1) is 0 Å². The van der Waals surface area contributed by atoms with Gasteiger partial charge in [0.15, 0.2) is 0 Å². The van der Waals surface area contributed by atoms with Gasteiger partial charge in [-0.05, 0) is 47.6 Å². The van der Waals surface area contributed by atoms with Crippen molar-refractivity contribution in [3.63, 3.8) is 0 Å². The van der Waals surface area contributed by atoms with Gasteiger partial charge in [0.25, 0.3) is 0 Å². The first-order valence-corrected chi connectivity index (χ1v) is 7.59. The van der Waals surface area contributed by atoms with Crippen molar-refractivity contribution in [3.8, 4) is 0 Å². The predicted octanol–water partition coefficient (Wildman–Crippen LogP) is 5.79. The zero-order chi connectivity index (χ0) is 15.0. The number of aryl methyl sites for hydroxylation is 1. The molecule has 0 radical (unpaired) electrons. The molecule has 0 heteroatoms. The Morgan fingerprint density at radius 1 is 1.05 bits per heavy atom. The third kappa shape index (κ3) is 2.71. The standard InChI is InChI=1S/C21H22/c1-14-5-8-19(9-6-14)20-10-7-18(12-20)13-21-11-15(2)16(3)17(21)4/h5-10,13,16H,2,4,11-12H2,1,3H3. The molecule has 1 aromatic rings. The van der Waals surface area contributed by atoms with E-state index in [9.17, 15) is 0 Å². The molecule has 21 heavy (non-hydrogen) atoms. The van der Waals surface area contributed by atoms with Gasteiger partial charge in [0, 0.05) is 5.92 Å². The van der Waals surface area contributed by atoms with E-state index in [1.54, 1.807) is 0 Å². The topological polar surface area (TPSA) is 0 Å². The number of allylic oxidation sites excluding steroid dienone is 8. The van der Waals surface area contributed by atoms with E-state index in [1.165, 1.54) is 39.0 Å². The molecule has 0 saturated heterocycles. The zero-order valence-electron chi connectivity index (χ0n) is 12.9. The minimum atomic E-state index is 0.433. The molecule has 2 aliphatic rings. The molecule has 0 spiro atoms. The molecule has 0 bridgehead atoms. The van der Waals surface area contributed by atoms with Gasteiger partial charge in [0.2, 0.25) is 0 Å². The molecule has 106 valence electrons. The second-order valence-corrected chi connectivity index (χ2v) is 6.23. The van der Waals surface area contributed by atoms with Crippen LogP contribution in [0.5, 0.6) is 0 Å². The summed E-state index contributed by atoms with van der Waals surface area (Å²) in [7, 11) is 0.